The summed E-state index contributed by atoms with van der Waals surface area (Å²) in [5.41, 5.74) is 0. The summed E-state index contributed by atoms with van der Waals surface area (Å²) in [6.45, 7) is 5.00. The summed E-state index contributed by atoms with van der Waals surface area (Å²) in [5.74, 6) is 0.809. The lowest BCUT2D eigenvalue weighted by atomic mass is 10.0. The summed E-state index contributed by atoms with van der Waals surface area (Å²) in [6, 6.07) is 2.37. The minimum Gasteiger partial charge on any atom is -0.375 e. The van der Waals surface area contributed by atoms with Crippen molar-refractivity contribution in [2.75, 3.05) is 32.8 Å². The van der Waals surface area contributed by atoms with Gasteiger partial charge < -0.3 is 9.64 Å². The van der Waals surface area contributed by atoms with Crippen molar-refractivity contribution in [2.45, 2.75) is 44.4 Å². The van der Waals surface area contributed by atoms with E-state index in [9.17, 15) is 4.79 Å². The molecule has 3 unspecified atom stereocenters. The van der Waals surface area contributed by atoms with E-state index in [4.69, 9.17) is 4.74 Å². The van der Waals surface area contributed by atoms with Gasteiger partial charge in [0.2, 0.25) is 5.91 Å². The lowest BCUT2D eigenvalue weighted by Crippen LogP contribution is -2.53. The lowest BCUT2D eigenvalue weighted by Gasteiger charge is -2.39. The van der Waals surface area contributed by atoms with Crippen molar-refractivity contribution in [2.24, 2.45) is 5.92 Å². The van der Waals surface area contributed by atoms with Crippen LogP contribution in [0.4, 0.5) is 0 Å². The van der Waals surface area contributed by atoms with Crippen LogP contribution in [0.2, 0.25) is 0 Å². The number of rotatable bonds is 4. The molecule has 1 amide bonds. The van der Waals surface area contributed by atoms with Gasteiger partial charge in [0.25, 0.3) is 0 Å². The molecule has 1 aromatic rings. The smallest absolute Gasteiger partial charge is 0.236 e. The van der Waals surface area contributed by atoms with Crippen molar-refractivity contribution in [1.29, 1.82) is 0 Å². The second kappa shape index (κ2) is 6.61. The second-order valence-corrected chi connectivity index (χ2v) is 7.03. The van der Waals surface area contributed by atoms with E-state index in [-0.39, 0.29) is 6.10 Å². The zero-order chi connectivity index (χ0) is 15.6. The summed E-state index contributed by atoms with van der Waals surface area (Å²) < 4.78 is 8.10. The zero-order valence-electron chi connectivity index (χ0n) is 13.6. The predicted molar refractivity (Wildman–Crippen MR) is 85.9 cm³/mol. The van der Waals surface area contributed by atoms with Gasteiger partial charge in [0.05, 0.1) is 19.3 Å². The van der Waals surface area contributed by atoms with Gasteiger partial charge in [-0.05, 0) is 31.7 Å². The fourth-order valence-electron chi connectivity index (χ4n) is 4.42. The second-order valence-electron chi connectivity index (χ2n) is 7.03. The Hall–Kier alpha value is -1.40. The third kappa shape index (κ3) is 3.15. The normalized spacial score (nSPS) is 31.5. The quantitative estimate of drug-likeness (QED) is 0.830. The third-order valence-corrected chi connectivity index (χ3v) is 5.61. The zero-order valence-corrected chi connectivity index (χ0v) is 13.6. The maximum Gasteiger partial charge on any atom is 0.236 e. The van der Waals surface area contributed by atoms with Crippen LogP contribution in [0.1, 0.15) is 25.7 Å². The topological polar surface area (TPSA) is 50.6 Å². The van der Waals surface area contributed by atoms with Gasteiger partial charge in [0, 0.05) is 50.5 Å². The predicted octanol–water partition coefficient (Wildman–Crippen LogP) is 0.985. The minimum absolute atomic E-state index is 0.249. The van der Waals surface area contributed by atoms with E-state index in [2.05, 4.69) is 10.00 Å². The molecular weight excluding hydrogens is 292 g/mol. The van der Waals surface area contributed by atoms with Crippen molar-refractivity contribution in [3.63, 3.8) is 0 Å². The summed E-state index contributed by atoms with van der Waals surface area (Å²) >= 11 is 0. The molecule has 3 fully saturated rings. The number of amides is 1. The number of carbonyl (C=O) groups excluding carboxylic acids is 1. The molecule has 3 heterocycles. The van der Waals surface area contributed by atoms with Gasteiger partial charge in [-0.3, -0.25) is 14.4 Å². The molecule has 0 bridgehead atoms. The Morgan fingerprint density at radius 1 is 1.22 bits per heavy atom. The first-order valence-electron chi connectivity index (χ1n) is 8.92. The van der Waals surface area contributed by atoms with E-state index in [1.54, 1.807) is 0 Å². The number of hydrogen-bond donors (Lipinski definition) is 0. The molecule has 4 rings (SSSR count). The number of nitrogens with zero attached hydrogens (tertiary/aromatic N) is 4. The van der Waals surface area contributed by atoms with Gasteiger partial charge in [0.15, 0.2) is 0 Å². The summed E-state index contributed by atoms with van der Waals surface area (Å²) in [7, 11) is 0. The first-order valence-corrected chi connectivity index (χ1v) is 8.92. The largest absolute Gasteiger partial charge is 0.375 e. The highest BCUT2D eigenvalue weighted by molar-refractivity contribution is 5.78. The van der Waals surface area contributed by atoms with Crippen molar-refractivity contribution >= 4 is 5.91 Å². The monoisotopic (exact) mass is 318 g/mol. The number of ether oxygens (including phenoxy) is 1. The molecule has 2 saturated heterocycles. The molecule has 3 aliphatic rings. The number of carbonyl (C=O) groups is 1. The van der Waals surface area contributed by atoms with E-state index < -0.39 is 0 Å². The molecule has 0 spiro atoms. The van der Waals surface area contributed by atoms with E-state index in [1.165, 1.54) is 0 Å². The Kier molecular flexibility index (Phi) is 4.35. The van der Waals surface area contributed by atoms with Crippen LogP contribution in [0, 0.1) is 5.92 Å². The fraction of sp³-hybridized carbons (Fsp3) is 0.765. The third-order valence-electron chi connectivity index (χ3n) is 5.61. The van der Waals surface area contributed by atoms with Gasteiger partial charge in [-0.1, -0.05) is 0 Å². The van der Waals surface area contributed by atoms with Gasteiger partial charge in [0.1, 0.15) is 0 Å². The Balaban J connectivity index is 1.38. The standard InChI is InChI=1S/C17H26N4O2/c22-16(19-7-1-2-8-19)13-20-10-11-23-17-14(4-5-15(17)20)12-21-9-3-6-18-21/h3,6,9,14-15,17H,1-2,4-5,7-8,10-13H2. The van der Waals surface area contributed by atoms with Crippen LogP contribution in [0.25, 0.3) is 0 Å². The molecule has 126 valence electrons. The molecule has 0 radical (unpaired) electrons. The Morgan fingerprint density at radius 3 is 2.87 bits per heavy atom. The number of morpholine rings is 1. The highest BCUT2D eigenvalue weighted by Gasteiger charge is 2.43. The van der Waals surface area contributed by atoms with Gasteiger partial charge in [-0.15, -0.1) is 0 Å². The van der Waals surface area contributed by atoms with Crippen molar-refractivity contribution < 1.29 is 9.53 Å². The van der Waals surface area contributed by atoms with Crippen molar-refractivity contribution in [3.8, 4) is 0 Å². The van der Waals surface area contributed by atoms with Crippen LogP contribution >= 0.6 is 0 Å². The highest BCUT2D eigenvalue weighted by atomic mass is 16.5. The molecule has 1 aliphatic carbocycles. The molecule has 0 aromatic carbocycles. The van der Waals surface area contributed by atoms with Gasteiger partial charge in [-0.2, -0.15) is 5.10 Å². The Labute approximate surface area is 137 Å². The van der Waals surface area contributed by atoms with Crippen LogP contribution in [-0.2, 0) is 16.1 Å². The highest BCUT2D eigenvalue weighted by Crippen LogP contribution is 2.35. The molecular formula is C17H26N4O2. The summed E-state index contributed by atoms with van der Waals surface area (Å²) in [5, 5.41) is 4.32. The average Bonchev–Trinajstić information content (AvgIpc) is 3.30. The van der Waals surface area contributed by atoms with Crippen LogP contribution in [0.15, 0.2) is 18.5 Å². The van der Waals surface area contributed by atoms with E-state index in [1.807, 2.05) is 28.0 Å². The number of hydrogen-bond acceptors (Lipinski definition) is 4. The molecule has 6 heteroatoms. The van der Waals surface area contributed by atoms with Crippen LogP contribution in [0.5, 0.6) is 0 Å². The van der Waals surface area contributed by atoms with Crippen LogP contribution in [-0.4, -0.2) is 70.4 Å². The molecule has 0 N–H and O–H groups in total. The minimum atomic E-state index is 0.249. The number of likely N-dealkylation sites (tertiary alicyclic amines) is 1. The van der Waals surface area contributed by atoms with E-state index >= 15 is 0 Å². The maximum atomic E-state index is 12.5. The van der Waals surface area contributed by atoms with Crippen molar-refractivity contribution in [3.05, 3.63) is 18.5 Å². The molecule has 23 heavy (non-hydrogen) atoms. The average molecular weight is 318 g/mol. The number of aromatic nitrogens is 2. The molecule has 6 nitrogen and oxygen atoms in total. The number of fused-ring (bicyclic) bond motifs is 1. The van der Waals surface area contributed by atoms with Crippen LogP contribution in [0.3, 0.4) is 0 Å². The lowest BCUT2D eigenvalue weighted by molar-refractivity contribution is -0.136. The molecule has 1 saturated carbocycles. The van der Waals surface area contributed by atoms with Gasteiger partial charge >= 0.3 is 0 Å². The fourth-order valence-corrected chi connectivity index (χ4v) is 4.42. The first kappa shape index (κ1) is 15.1. The van der Waals surface area contributed by atoms with Crippen molar-refractivity contribution in [1.82, 2.24) is 19.6 Å². The Morgan fingerprint density at radius 2 is 2.09 bits per heavy atom. The van der Waals surface area contributed by atoms with E-state index in [0.717, 1.165) is 58.5 Å². The first-order chi connectivity index (χ1) is 11.3. The SMILES string of the molecule is O=C(CN1CCOC2C(Cn3cccn3)CCC21)N1CCCC1. The summed E-state index contributed by atoms with van der Waals surface area (Å²) in [6.07, 6.45) is 8.70. The maximum absolute atomic E-state index is 12.5. The van der Waals surface area contributed by atoms with Crippen LogP contribution < -0.4 is 0 Å². The molecule has 1 aromatic heterocycles. The summed E-state index contributed by atoms with van der Waals surface area (Å²) in [4.78, 5) is 16.9. The molecule has 3 atom stereocenters. The Bertz CT molecular complexity index is 527. The van der Waals surface area contributed by atoms with E-state index in [0.29, 0.717) is 24.4 Å². The molecule has 2 aliphatic heterocycles. The van der Waals surface area contributed by atoms with Gasteiger partial charge in [-0.25, -0.2) is 0 Å².